The molecule has 0 fully saturated rings. The van der Waals surface area contributed by atoms with Gasteiger partial charge in [0.05, 0.1) is 17.2 Å². The van der Waals surface area contributed by atoms with Crippen molar-refractivity contribution in [3.8, 4) is 0 Å². The van der Waals surface area contributed by atoms with E-state index in [0.29, 0.717) is 33.8 Å². The molecule has 31 heavy (non-hydrogen) atoms. The van der Waals surface area contributed by atoms with Crippen LogP contribution in [0.25, 0.3) is 11.6 Å². The van der Waals surface area contributed by atoms with Crippen molar-refractivity contribution in [3.63, 3.8) is 0 Å². The third-order valence-electron chi connectivity index (χ3n) is 5.23. The van der Waals surface area contributed by atoms with Gasteiger partial charge in [0.25, 0.3) is 11.8 Å². The molecule has 0 saturated carbocycles. The molecule has 1 aromatic carbocycles. The molecule has 0 radical (unpaired) electrons. The highest BCUT2D eigenvalue weighted by Gasteiger charge is 2.30. The van der Waals surface area contributed by atoms with Crippen molar-refractivity contribution in [1.29, 1.82) is 0 Å². The van der Waals surface area contributed by atoms with E-state index in [1.807, 2.05) is 0 Å². The maximum absolute atomic E-state index is 13.7. The summed E-state index contributed by atoms with van der Waals surface area (Å²) in [6, 6.07) is 2.93. The van der Waals surface area contributed by atoms with Crippen molar-refractivity contribution in [1.82, 2.24) is 15.2 Å². The Morgan fingerprint density at radius 3 is 2.55 bits per heavy atom. The van der Waals surface area contributed by atoms with Crippen LogP contribution < -0.4 is 10.6 Å². The average Bonchev–Trinajstić information content (AvgIpc) is 3.14. The van der Waals surface area contributed by atoms with Crippen LogP contribution in [0, 0.1) is 19.7 Å². The van der Waals surface area contributed by atoms with E-state index in [0.717, 1.165) is 0 Å². The van der Waals surface area contributed by atoms with Crippen molar-refractivity contribution >= 4 is 35.1 Å². The van der Waals surface area contributed by atoms with Gasteiger partial charge in [0.1, 0.15) is 11.9 Å². The SMILES string of the molecule is Cc1[nH]c(/C=C2\C(=O)Nc3ccc(F)cc32)c(C)c1C(=O)N[C@H](C(=O)N(C)C)[C@H](C)O. The number of amides is 3. The van der Waals surface area contributed by atoms with Gasteiger partial charge in [0.15, 0.2) is 0 Å². The highest BCUT2D eigenvalue weighted by Crippen LogP contribution is 2.34. The van der Waals surface area contributed by atoms with Crippen LogP contribution >= 0.6 is 0 Å². The summed E-state index contributed by atoms with van der Waals surface area (Å²) in [6.45, 7) is 4.82. The predicted octanol–water partition coefficient (Wildman–Crippen LogP) is 1.83. The van der Waals surface area contributed by atoms with Crippen LogP contribution in [0.3, 0.4) is 0 Å². The van der Waals surface area contributed by atoms with Crippen molar-refractivity contribution < 1.29 is 23.9 Å². The van der Waals surface area contributed by atoms with E-state index >= 15 is 0 Å². The molecule has 0 unspecified atom stereocenters. The summed E-state index contributed by atoms with van der Waals surface area (Å²) in [5, 5.41) is 15.2. The molecule has 8 nitrogen and oxygen atoms in total. The third kappa shape index (κ3) is 4.22. The Balaban J connectivity index is 1.96. The minimum Gasteiger partial charge on any atom is -0.391 e. The number of aromatic amines is 1. The Kier molecular flexibility index (Phi) is 5.99. The van der Waals surface area contributed by atoms with Crippen molar-refractivity contribution in [2.24, 2.45) is 0 Å². The molecule has 2 heterocycles. The molecule has 0 spiro atoms. The lowest BCUT2D eigenvalue weighted by molar-refractivity contribution is -0.133. The quantitative estimate of drug-likeness (QED) is 0.544. The molecule has 4 N–H and O–H groups in total. The van der Waals surface area contributed by atoms with Gasteiger partial charge in [-0.15, -0.1) is 0 Å². The number of carbonyl (C=O) groups excluding carboxylic acids is 3. The number of aromatic nitrogens is 1. The summed E-state index contributed by atoms with van der Waals surface area (Å²) in [5.41, 5.74) is 3.13. The molecule has 2 aromatic rings. The van der Waals surface area contributed by atoms with Crippen LogP contribution in [0.15, 0.2) is 18.2 Å². The number of nitrogens with one attached hydrogen (secondary N) is 3. The Labute approximate surface area is 179 Å². The number of hydrogen-bond donors (Lipinski definition) is 4. The second kappa shape index (κ2) is 8.35. The van der Waals surface area contributed by atoms with Gasteiger partial charge in [-0.25, -0.2) is 4.39 Å². The van der Waals surface area contributed by atoms with Gasteiger partial charge in [-0.3, -0.25) is 14.4 Å². The number of benzene rings is 1. The van der Waals surface area contributed by atoms with Crippen LogP contribution in [0.2, 0.25) is 0 Å². The molecular weight excluding hydrogens is 403 g/mol. The summed E-state index contributed by atoms with van der Waals surface area (Å²) in [5.74, 6) is -1.79. The number of aliphatic hydroxyl groups excluding tert-OH is 1. The summed E-state index contributed by atoms with van der Waals surface area (Å²) in [7, 11) is 3.07. The summed E-state index contributed by atoms with van der Waals surface area (Å²) in [4.78, 5) is 42.0. The number of anilines is 1. The van der Waals surface area contributed by atoms with Crippen LogP contribution in [0.1, 0.15) is 39.8 Å². The van der Waals surface area contributed by atoms with Gasteiger partial charge < -0.3 is 25.6 Å². The molecule has 2 atom stereocenters. The number of nitrogens with zero attached hydrogens (tertiary/aromatic N) is 1. The molecule has 0 saturated heterocycles. The fourth-order valence-electron chi connectivity index (χ4n) is 3.59. The van der Waals surface area contributed by atoms with Gasteiger partial charge in [0, 0.05) is 36.7 Å². The van der Waals surface area contributed by atoms with Gasteiger partial charge >= 0.3 is 0 Å². The first kappa shape index (κ1) is 22.2. The van der Waals surface area contributed by atoms with Gasteiger partial charge in [0.2, 0.25) is 5.91 Å². The van der Waals surface area contributed by atoms with Gasteiger partial charge in [-0.2, -0.15) is 0 Å². The molecule has 9 heteroatoms. The van der Waals surface area contributed by atoms with Crippen molar-refractivity contribution in [2.75, 3.05) is 19.4 Å². The molecule has 3 amide bonds. The van der Waals surface area contributed by atoms with Crippen LogP contribution in [-0.2, 0) is 9.59 Å². The van der Waals surface area contributed by atoms with Crippen molar-refractivity contribution in [3.05, 3.63) is 52.1 Å². The lowest BCUT2D eigenvalue weighted by Crippen LogP contribution is -2.52. The smallest absolute Gasteiger partial charge is 0.256 e. The van der Waals surface area contributed by atoms with Crippen LogP contribution in [0.5, 0.6) is 0 Å². The van der Waals surface area contributed by atoms with Crippen molar-refractivity contribution in [2.45, 2.75) is 32.9 Å². The summed E-state index contributed by atoms with van der Waals surface area (Å²) in [6.07, 6.45) is 0.477. The standard InChI is InChI=1S/C22H25FN4O4/c1-10-17(9-15-14-8-13(23)6-7-16(14)25-20(15)29)24-11(2)18(10)21(30)26-19(12(3)28)22(31)27(4)5/h6-9,12,19,24,28H,1-5H3,(H,25,29)(H,26,30)/b15-9-/t12-,19-/m0/s1. The molecule has 0 aliphatic carbocycles. The van der Waals surface area contributed by atoms with E-state index in [2.05, 4.69) is 15.6 Å². The van der Waals surface area contributed by atoms with E-state index in [9.17, 15) is 23.9 Å². The molecular formula is C22H25FN4O4. The first-order valence-electron chi connectivity index (χ1n) is 9.73. The molecule has 1 aromatic heterocycles. The second-order valence-corrected chi connectivity index (χ2v) is 7.79. The lowest BCUT2D eigenvalue weighted by Gasteiger charge is -2.24. The molecule has 1 aliphatic rings. The highest BCUT2D eigenvalue weighted by molar-refractivity contribution is 6.34. The maximum Gasteiger partial charge on any atom is 0.256 e. The van der Waals surface area contributed by atoms with E-state index < -0.39 is 29.8 Å². The highest BCUT2D eigenvalue weighted by atomic mass is 19.1. The zero-order chi connectivity index (χ0) is 23.0. The first-order valence-corrected chi connectivity index (χ1v) is 9.73. The molecule has 3 rings (SSSR count). The fraction of sp³-hybridized carbons (Fsp3) is 0.318. The molecule has 0 bridgehead atoms. The largest absolute Gasteiger partial charge is 0.391 e. The van der Waals surface area contributed by atoms with Gasteiger partial charge in [-0.05, 0) is 50.6 Å². The summed E-state index contributed by atoms with van der Waals surface area (Å²) < 4.78 is 13.7. The number of rotatable bonds is 5. The lowest BCUT2D eigenvalue weighted by atomic mass is 10.0. The number of aliphatic hydroxyl groups is 1. The van der Waals surface area contributed by atoms with Crippen LogP contribution in [-0.4, -0.2) is 59.0 Å². The Hall–Kier alpha value is -3.46. The number of likely N-dealkylation sites (N-methyl/N-ethyl adjacent to an activating group) is 1. The average molecular weight is 428 g/mol. The van der Waals surface area contributed by atoms with Crippen LogP contribution in [0.4, 0.5) is 10.1 Å². The third-order valence-corrected chi connectivity index (χ3v) is 5.23. The molecule has 1 aliphatic heterocycles. The van der Waals surface area contributed by atoms with E-state index in [1.54, 1.807) is 19.9 Å². The number of fused-ring (bicyclic) bond motifs is 1. The first-order chi connectivity index (χ1) is 14.5. The monoisotopic (exact) mass is 428 g/mol. The fourth-order valence-corrected chi connectivity index (χ4v) is 3.59. The Bertz CT molecular complexity index is 1100. The normalized spacial score (nSPS) is 16.0. The minimum absolute atomic E-state index is 0.274. The number of halogens is 1. The molecule has 164 valence electrons. The summed E-state index contributed by atoms with van der Waals surface area (Å²) >= 11 is 0. The maximum atomic E-state index is 13.7. The number of H-pyrrole nitrogens is 1. The van der Waals surface area contributed by atoms with E-state index in [1.165, 1.54) is 44.1 Å². The minimum atomic E-state index is -1.10. The van der Waals surface area contributed by atoms with E-state index in [4.69, 9.17) is 0 Å². The Morgan fingerprint density at radius 2 is 1.94 bits per heavy atom. The number of aryl methyl sites for hydroxylation is 1. The predicted molar refractivity (Wildman–Crippen MR) is 115 cm³/mol. The topological polar surface area (TPSA) is 115 Å². The Morgan fingerprint density at radius 1 is 1.26 bits per heavy atom. The second-order valence-electron chi connectivity index (χ2n) is 7.79. The zero-order valence-corrected chi connectivity index (χ0v) is 18.0. The zero-order valence-electron chi connectivity index (χ0n) is 18.0. The van der Waals surface area contributed by atoms with Gasteiger partial charge in [-0.1, -0.05) is 0 Å². The number of hydrogen-bond acceptors (Lipinski definition) is 4. The van der Waals surface area contributed by atoms with E-state index in [-0.39, 0.29) is 11.5 Å². The number of carbonyl (C=O) groups is 3.